The first-order valence-electron chi connectivity index (χ1n) is 5.38. The number of carbonyl (C=O) groups excluding carboxylic acids is 1. The van der Waals surface area contributed by atoms with Gasteiger partial charge in [0.05, 0.1) is 12.0 Å². The number of carbonyl (C=O) groups is 1. The molecule has 1 amide bonds. The summed E-state index contributed by atoms with van der Waals surface area (Å²) < 4.78 is 37.6. The zero-order valence-electron chi connectivity index (χ0n) is 9.47. The van der Waals surface area contributed by atoms with Gasteiger partial charge in [0, 0.05) is 13.6 Å². The molecule has 1 aliphatic rings. The first-order chi connectivity index (χ1) is 7.36. The smallest absolute Gasteiger partial charge is 0.358 e. The Morgan fingerprint density at radius 2 is 2.12 bits per heavy atom. The van der Waals surface area contributed by atoms with Crippen molar-refractivity contribution in [2.75, 3.05) is 20.1 Å². The van der Waals surface area contributed by atoms with Gasteiger partial charge in [-0.1, -0.05) is 0 Å². The van der Waals surface area contributed by atoms with Crippen LogP contribution in [0.15, 0.2) is 0 Å². The molecule has 0 radical (unpaired) electrons. The van der Waals surface area contributed by atoms with Gasteiger partial charge < -0.3 is 5.32 Å². The van der Waals surface area contributed by atoms with Crippen LogP contribution in [0.1, 0.15) is 19.8 Å². The van der Waals surface area contributed by atoms with Crippen LogP contribution in [0, 0.1) is 5.92 Å². The van der Waals surface area contributed by atoms with Crippen LogP contribution in [0.2, 0.25) is 0 Å². The average molecular weight is 238 g/mol. The number of likely N-dealkylation sites (N-methyl/N-ethyl adjacent to an activating group) is 1. The average Bonchev–Trinajstić information content (AvgIpc) is 2.26. The summed E-state index contributed by atoms with van der Waals surface area (Å²) in [6.07, 6.45) is -3.49. The number of halogens is 3. The third-order valence-electron chi connectivity index (χ3n) is 3.09. The molecule has 6 heteroatoms. The second-order valence-corrected chi connectivity index (χ2v) is 4.17. The van der Waals surface area contributed by atoms with E-state index in [9.17, 15) is 18.0 Å². The van der Waals surface area contributed by atoms with Crippen molar-refractivity contribution in [2.24, 2.45) is 5.92 Å². The summed E-state index contributed by atoms with van der Waals surface area (Å²) in [6, 6.07) is -0.491. The van der Waals surface area contributed by atoms with Gasteiger partial charge in [-0.05, 0) is 26.3 Å². The Morgan fingerprint density at radius 1 is 1.50 bits per heavy atom. The van der Waals surface area contributed by atoms with Gasteiger partial charge in [0.2, 0.25) is 5.91 Å². The molecule has 1 N–H and O–H groups in total. The third kappa shape index (κ3) is 3.10. The normalized spacial score (nSPS) is 25.2. The van der Waals surface area contributed by atoms with E-state index in [-0.39, 0.29) is 18.9 Å². The summed E-state index contributed by atoms with van der Waals surface area (Å²) in [5, 5.41) is 2.45. The summed E-state index contributed by atoms with van der Waals surface area (Å²) in [5.41, 5.74) is 0. The lowest BCUT2D eigenvalue weighted by Gasteiger charge is -2.36. The van der Waals surface area contributed by atoms with Crippen LogP contribution in [0.3, 0.4) is 0 Å². The molecular formula is C10H17F3N2O. The van der Waals surface area contributed by atoms with Crippen LogP contribution < -0.4 is 5.32 Å². The number of nitrogens with one attached hydrogen (secondary N) is 1. The minimum Gasteiger partial charge on any atom is -0.358 e. The number of likely N-dealkylation sites (tertiary alicyclic amines) is 1. The van der Waals surface area contributed by atoms with E-state index in [0.29, 0.717) is 13.0 Å². The van der Waals surface area contributed by atoms with Crippen LogP contribution >= 0.6 is 0 Å². The summed E-state index contributed by atoms with van der Waals surface area (Å²) in [7, 11) is 1.49. The van der Waals surface area contributed by atoms with Gasteiger partial charge in [-0.25, -0.2) is 0 Å². The maximum atomic E-state index is 12.5. The van der Waals surface area contributed by atoms with E-state index < -0.39 is 18.1 Å². The molecule has 0 saturated carbocycles. The first kappa shape index (κ1) is 13.3. The monoisotopic (exact) mass is 238 g/mol. The molecule has 16 heavy (non-hydrogen) atoms. The maximum Gasteiger partial charge on any atom is 0.393 e. The molecule has 0 unspecified atom stereocenters. The highest BCUT2D eigenvalue weighted by Crippen LogP contribution is 2.33. The van der Waals surface area contributed by atoms with Crippen molar-refractivity contribution < 1.29 is 18.0 Å². The van der Waals surface area contributed by atoms with Gasteiger partial charge in [-0.2, -0.15) is 13.2 Å². The quantitative estimate of drug-likeness (QED) is 0.788. The van der Waals surface area contributed by atoms with Crippen LogP contribution in [-0.2, 0) is 4.79 Å². The van der Waals surface area contributed by atoms with Crippen LogP contribution in [-0.4, -0.2) is 43.2 Å². The Kier molecular flexibility index (Phi) is 4.18. The standard InChI is InChI=1S/C10H17F3N2O/c1-7(9(16)14-2)15-5-3-4-8(6-15)10(11,12)13/h7-8H,3-6H2,1-2H3,(H,14,16)/t7-,8+/m0/s1. The number of amides is 1. The predicted octanol–water partition coefficient (Wildman–Crippen LogP) is 1.40. The molecule has 1 rings (SSSR count). The molecule has 1 aliphatic heterocycles. The molecule has 0 aliphatic carbocycles. The first-order valence-corrected chi connectivity index (χ1v) is 5.38. The van der Waals surface area contributed by atoms with Crippen molar-refractivity contribution >= 4 is 5.91 Å². The largest absolute Gasteiger partial charge is 0.393 e. The predicted molar refractivity (Wildman–Crippen MR) is 53.9 cm³/mol. The topological polar surface area (TPSA) is 32.3 Å². The fraction of sp³-hybridized carbons (Fsp3) is 0.900. The highest BCUT2D eigenvalue weighted by molar-refractivity contribution is 5.80. The van der Waals surface area contributed by atoms with Crippen molar-refractivity contribution in [3.05, 3.63) is 0 Å². The zero-order chi connectivity index (χ0) is 12.3. The number of nitrogens with zero attached hydrogens (tertiary/aromatic N) is 1. The van der Waals surface area contributed by atoms with Gasteiger partial charge in [0.1, 0.15) is 0 Å². The molecule has 1 fully saturated rings. The van der Waals surface area contributed by atoms with Gasteiger partial charge in [-0.15, -0.1) is 0 Å². The lowest BCUT2D eigenvalue weighted by Crippen LogP contribution is -2.50. The van der Waals surface area contributed by atoms with Crippen LogP contribution in [0.5, 0.6) is 0 Å². The van der Waals surface area contributed by atoms with E-state index in [2.05, 4.69) is 5.32 Å². The zero-order valence-corrected chi connectivity index (χ0v) is 9.47. The second-order valence-electron chi connectivity index (χ2n) is 4.17. The fourth-order valence-electron chi connectivity index (χ4n) is 2.00. The van der Waals surface area contributed by atoms with Gasteiger partial charge in [0.15, 0.2) is 0 Å². The molecule has 0 aromatic carbocycles. The minimum absolute atomic E-state index is 0.0713. The number of piperidine rings is 1. The maximum absolute atomic E-state index is 12.5. The van der Waals surface area contributed by atoms with Gasteiger partial charge in [-0.3, -0.25) is 9.69 Å². The van der Waals surface area contributed by atoms with Crippen molar-refractivity contribution in [3.8, 4) is 0 Å². The molecule has 1 heterocycles. The lowest BCUT2D eigenvalue weighted by atomic mass is 9.96. The van der Waals surface area contributed by atoms with E-state index in [1.165, 1.54) is 7.05 Å². The Hall–Kier alpha value is -0.780. The van der Waals surface area contributed by atoms with E-state index in [4.69, 9.17) is 0 Å². The Labute approximate surface area is 93.0 Å². The molecule has 94 valence electrons. The van der Waals surface area contributed by atoms with E-state index >= 15 is 0 Å². The summed E-state index contributed by atoms with van der Waals surface area (Å²) >= 11 is 0. The van der Waals surface area contributed by atoms with Gasteiger partial charge >= 0.3 is 6.18 Å². The third-order valence-corrected chi connectivity index (χ3v) is 3.09. The van der Waals surface area contributed by atoms with E-state index in [0.717, 1.165) is 0 Å². The Balaban J connectivity index is 2.60. The van der Waals surface area contributed by atoms with Crippen molar-refractivity contribution in [2.45, 2.75) is 32.0 Å². The fourth-order valence-corrected chi connectivity index (χ4v) is 2.00. The lowest BCUT2D eigenvalue weighted by molar-refractivity contribution is -0.188. The number of alkyl halides is 3. The highest BCUT2D eigenvalue weighted by atomic mass is 19.4. The van der Waals surface area contributed by atoms with Crippen molar-refractivity contribution in [1.82, 2.24) is 10.2 Å². The molecule has 1 saturated heterocycles. The van der Waals surface area contributed by atoms with Crippen LogP contribution in [0.4, 0.5) is 13.2 Å². The minimum atomic E-state index is -4.15. The molecule has 0 aromatic heterocycles. The summed E-state index contributed by atoms with van der Waals surface area (Å²) in [5.74, 6) is -1.53. The van der Waals surface area contributed by atoms with E-state index in [1.807, 2.05) is 0 Å². The number of hydrogen-bond donors (Lipinski definition) is 1. The molecule has 0 bridgehead atoms. The molecule has 3 nitrogen and oxygen atoms in total. The molecule has 0 aromatic rings. The van der Waals surface area contributed by atoms with Gasteiger partial charge in [0.25, 0.3) is 0 Å². The van der Waals surface area contributed by atoms with Crippen molar-refractivity contribution in [3.63, 3.8) is 0 Å². The van der Waals surface area contributed by atoms with Crippen LogP contribution in [0.25, 0.3) is 0 Å². The molecular weight excluding hydrogens is 221 g/mol. The second kappa shape index (κ2) is 5.03. The summed E-state index contributed by atoms with van der Waals surface area (Å²) in [4.78, 5) is 12.9. The summed E-state index contributed by atoms with van der Waals surface area (Å²) in [6.45, 7) is 2.12. The SMILES string of the molecule is CNC(=O)[C@H](C)N1CCC[C@@H](C(F)(F)F)C1. The molecule has 0 spiro atoms. The number of rotatable bonds is 2. The Bertz CT molecular complexity index is 255. The van der Waals surface area contributed by atoms with Crippen molar-refractivity contribution in [1.29, 1.82) is 0 Å². The van der Waals surface area contributed by atoms with E-state index in [1.54, 1.807) is 11.8 Å². The highest BCUT2D eigenvalue weighted by Gasteiger charge is 2.42. The Morgan fingerprint density at radius 3 is 2.62 bits per heavy atom. The number of hydrogen-bond acceptors (Lipinski definition) is 2. The molecule has 2 atom stereocenters.